The lowest BCUT2D eigenvalue weighted by Crippen LogP contribution is -2.45. The van der Waals surface area contributed by atoms with Gasteiger partial charge in [-0.2, -0.15) is 0 Å². The Labute approximate surface area is 205 Å². The van der Waals surface area contributed by atoms with E-state index in [0.717, 1.165) is 16.7 Å². The van der Waals surface area contributed by atoms with Gasteiger partial charge in [0.15, 0.2) is 5.78 Å². The fourth-order valence-corrected chi connectivity index (χ4v) is 4.35. The van der Waals surface area contributed by atoms with E-state index >= 15 is 0 Å². The van der Waals surface area contributed by atoms with E-state index in [1.165, 1.54) is 12.0 Å². The van der Waals surface area contributed by atoms with Gasteiger partial charge < -0.3 is 14.2 Å². The molecule has 3 rings (SSSR count). The van der Waals surface area contributed by atoms with Gasteiger partial charge in [-0.15, -0.1) is 0 Å². The summed E-state index contributed by atoms with van der Waals surface area (Å²) in [6, 6.07) is 13.3. The summed E-state index contributed by atoms with van der Waals surface area (Å²) < 4.78 is 15.5. The molecule has 1 saturated heterocycles. The van der Waals surface area contributed by atoms with Gasteiger partial charge in [0.05, 0.1) is 20.1 Å². The van der Waals surface area contributed by atoms with Crippen molar-refractivity contribution in [2.75, 3.05) is 20.3 Å². The maximum atomic E-state index is 13.6. The quantitative estimate of drug-likeness (QED) is 0.321. The number of amides is 1. The molecule has 2 aromatic rings. The van der Waals surface area contributed by atoms with Crippen LogP contribution in [0.4, 0.5) is 4.79 Å². The van der Waals surface area contributed by atoms with Crippen molar-refractivity contribution in [3.63, 3.8) is 0 Å². The maximum Gasteiger partial charge on any atom is 0.410 e. The van der Waals surface area contributed by atoms with Crippen molar-refractivity contribution in [2.45, 2.75) is 39.8 Å². The number of benzene rings is 2. The Morgan fingerprint density at radius 3 is 2.31 bits per heavy atom. The minimum absolute atomic E-state index is 0.00313. The summed E-state index contributed by atoms with van der Waals surface area (Å²) in [5.41, 5.74) is 3.21. The lowest BCUT2D eigenvalue weighted by molar-refractivity contribution is -0.150. The van der Waals surface area contributed by atoms with Crippen molar-refractivity contribution >= 4 is 23.8 Å². The zero-order valence-electron chi connectivity index (χ0n) is 20.5. The van der Waals surface area contributed by atoms with Gasteiger partial charge in [-0.25, -0.2) is 9.59 Å². The summed E-state index contributed by atoms with van der Waals surface area (Å²) in [4.78, 5) is 53.1. The number of rotatable bonds is 8. The van der Waals surface area contributed by atoms with Crippen molar-refractivity contribution in [2.24, 2.45) is 11.8 Å². The second-order valence-corrected chi connectivity index (χ2v) is 8.60. The number of Topliss-reactive ketones (excluding diaryl/α,β-unsaturated/α-hetero) is 1. The summed E-state index contributed by atoms with van der Waals surface area (Å²) in [7, 11) is 1.24. The molecule has 8 nitrogen and oxygen atoms in total. The van der Waals surface area contributed by atoms with Gasteiger partial charge in [0, 0.05) is 23.9 Å². The molecule has 1 aliphatic rings. The third kappa shape index (κ3) is 6.07. The van der Waals surface area contributed by atoms with Gasteiger partial charge in [0.2, 0.25) is 0 Å². The van der Waals surface area contributed by atoms with Gasteiger partial charge in [-0.1, -0.05) is 42.5 Å². The molecule has 35 heavy (non-hydrogen) atoms. The fourth-order valence-electron chi connectivity index (χ4n) is 4.35. The van der Waals surface area contributed by atoms with Crippen LogP contribution >= 0.6 is 0 Å². The van der Waals surface area contributed by atoms with Gasteiger partial charge in [0.1, 0.15) is 12.6 Å². The first-order valence-electron chi connectivity index (χ1n) is 11.6. The number of ketones is 1. The second kappa shape index (κ2) is 11.6. The van der Waals surface area contributed by atoms with Gasteiger partial charge in [0.25, 0.3) is 0 Å². The normalized spacial score (nSPS) is 19.2. The Morgan fingerprint density at radius 2 is 1.69 bits per heavy atom. The highest BCUT2D eigenvalue weighted by molar-refractivity contribution is 6.00. The summed E-state index contributed by atoms with van der Waals surface area (Å²) in [6.07, 6.45) is -0.971. The first-order chi connectivity index (χ1) is 16.8. The molecule has 1 aliphatic heterocycles. The Morgan fingerprint density at radius 1 is 0.971 bits per heavy atom. The van der Waals surface area contributed by atoms with Gasteiger partial charge in [-0.05, 0) is 43.5 Å². The Bertz CT molecular complexity index is 1080. The molecule has 0 spiro atoms. The first kappa shape index (κ1) is 25.9. The van der Waals surface area contributed by atoms with Crippen molar-refractivity contribution in [1.82, 2.24) is 4.90 Å². The van der Waals surface area contributed by atoms with E-state index in [2.05, 4.69) is 0 Å². The lowest BCUT2D eigenvalue weighted by atomic mass is 9.82. The van der Waals surface area contributed by atoms with Crippen LogP contribution in [0.15, 0.2) is 48.5 Å². The molecule has 1 fully saturated rings. The van der Waals surface area contributed by atoms with Crippen LogP contribution in [0.5, 0.6) is 0 Å². The predicted octanol–water partition coefficient (Wildman–Crippen LogP) is 3.87. The standard InChI is InChI=1S/C27H31NO7/c1-5-34-26(31)24-21(14-23(29)33-4)22(25(30)20-12-11-17(2)18(3)13-20)15-28(24)27(32)35-16-19-9-7-6-8-10-19/h6-13,21-22,24H,5,14-16H2,1-4H3/t21-,22-,24-/m0/s1. The van der Waals surface area contributed by atoms with Crippen LogP contribution in [0.25, 0.3) is 0 Å². The number of carbonyl (C=O) groups excluding carboxylic acids is 4. The van der Waals surface area contributed by atoms with Crippen LogP contribution in [-0.4, -0.2) is 55.0 Å². The molecule has 0 aromatic heterocycles. The maximum absolute atomic E-state index is 13.6. The Kier molecular flexibility index (Phi) is 8.63. The van der Waals surface area contributed by atoms with Crippen molar-refractivity contribution in [3.8, 4) is 0 Å². The predicted molar refractivity (Wildman–Crippen MR) is 128 cm³/mol. The van der Waals surface area contributed by atoms with Crippen LogP contribution < -0.4 is 0 Å². The fraction of sp³-hybridized carbons (Fsp3) is 0.407. The number of hydrogen-bond donors (Lipinski definition) is 0. The number of methoxy groups -OCH3 is 1. The number of ether oxygens (including phenoxy) is 3. The summed E-state index contributed by atoms with van der Waals surface area (Å²) in [6.45, 7) is 5.51. The molecule has 2 aromatic carbocycles. The largest absolute Gasteiger partial charge is 0.469 e. The Balaban J connectivity index is 1.93. The van der Waals surface area contributed by atoms with Gasteiger partial charge >= 0.3 is 18.0 Å². The third-order valence-electron chi connectivity index (χ3n) is 6.38. The highest BCUT2D eigenvalue weighted by Gasteiger charge is 2.52. The van der Waals surface area contributed by atoms with Crippen LogP contribution in [0.2, 0.25) is 0 Å². The Hall–Kier alpha value is -3.68. The zero-order chi connectivity index (χ0) is 25.5. The summed E-state index contributed by atoms with van der Waals surface area (Å²) >= 11 is 0. The molecule has 0 bridgehead atoms. The molecule has 3 atom stereocenters. The first-order valence-corrected chi connectivity index (χ1v) is 11.6. The molecule has 0 radical (unpaired) electrons. The third-order valence-corrected chi connectivity index (χ3v) is 6.38. The van der Waals surface area contributed by atoms with E-state index in [1.807, 2.05) is 50.2 Å². The lowest BCUT2D eigenvalue weighted by Gasteiger charge is -2.25. The average Bonchev–Trinajstić information content (AvgIpc) is 3.23. The molecule has 0 unspecified atom stereocenters. The summed E-state index contributed by atoms with van der Waals surface area (Å²) in [5, 5.41) is 0. The molecule has 0 N–H and O–H groups in total. The molecule has 8 heteroatoms. The van der Waals surface area contributed by atoms with Crippen molar-refractivity contribution in [1.29, 1.82) is 0 Å². The summed E-state index contributed by atoms with van der Waals surface area (Å²) in [5.74, 6) is -3.15. The number of hydrogen-bond acceptors (Lipinski definition) is 7. The highest BCUT2D eigenvalue weighted by atomic mass is 16.6. The highest BCUT2D eigenvalue weighted by Crippen LogP contribution is 2.37. The van der Waals surface area contributed by atoms with E-state index in [1.54, 1.807) is 19.1 Å². The van der Waals surface area contributed by atoms with E-state index in [9.17, 15) is 19.2 Å². The van der Waals surface area contributed by atoms with Crippen LogP contribution in [0, 0.1) is 25.7 Å². The SMILES string of the molecule is CCOC(=O)[C@@H]1[C@@H](CC(=O)OC)[C@@H](C(=O)c2ccc(C)c(C)c2)CN1C(=O)OCc1ccccc1. The van der Waals surface area contributed by atoms with Crippen LogP contribution in [0.3, 0.4) is 0 Å². The number of aryl methyl sites for hydroxylation is 2. The smallest absolute Gasteiger partial charge is 0.410 e. The number of nitrogens with zero attached hydrogens (tertiary/aromatic N) is 1. The monoisotopic (exact) mass is 481 g/mol. The number of esters is 2. The molecule has 0 saturated carbocycles. The van der Waals surface area contributed by atoms with Gasteiger partial charge in [-0.3, -0.25) is 14.5 Å². The molecule has 0 aliphatic carbocycles. The van der Waals surface area contributed by atoms with E-state index < -0.39 is 35.9 Å². The second-order valence-electron chi connectivity index (χ2n) is 8.60. The zero-order valence-corrected chi connectivity index (χ0v) is 20.5. The molecular formula is C27H31NO7. The minimum atomic E-state index is -1.15. The number of likely N-dealkylation sites (tertiary alicyclic amines) is 1. The topological polar surface area (TPSA) is 99.2 Å². The molecular weight excluding hydrogens is 450 g/mol. The van der Waals surface area contributed by atoms with Crippen LogP contribution in [-0.2, 0) is 30.4 Å². The van der Waals surface area contributed by atoms with E-state index in [0.29, 0.717) is 5.56 Å². The van der Waals surface area contributed by atoms with Crippen molar-refractivity contribution < 1.29 is 33.4 Å². The molecule has 1 heterocycles. The number of carbonyl (C=O) groups is 4. The average molecular weight is 482 g/mol. The van der Waals surface area contributed by atoms with Crippen molar-refractivity contribution in [3.05, 3.63) is 70.8 Å². The minimum Gasteiger partial charge on any atom is -0.469 e. The van der Waals surface area contributed by atoms with E-state index in [4.69, 9.17) is 14.2 Å². The molecule has 186 valence electrons. The molecule has 1 amide bonds. The van der Waals surface area contributed by atoms with E-state index in [-0.39, 0.29) is 32.0 Å². The van der Waals surface area contributed by atoms with Crippen LogP contribution in [0.1, 0.15) is 40.4 Å².